The first-order valence-corrected chi connectivity index (χ1v) is 23.8. The highest BCUT2D eigenvalue weighted by Crippen LogP contribution is 2.70. The SMILES string of the molecule is CO[C@]1(CC[C@@H](C)COC2OC(CO)C(O)C(O)C2O)OC2CC3C4CC=C5CC(OC6OC(CO)C(OC7OC(C)C(O)C(O)C7O)C(O)C6O)CC[C@]5(C)C4CC[C@]3(C)C2[C@@H]1C. The molecule has 3 saturated carbocycles. The van der Waals surface area contributed by atoms with Crippen molar-refractivity contribution in [3.8, 4) is 0 Å². The number of methoxy groups -OCH3 is 1. The van der Waals surface area contributed by atoms with Crippen LogP contribution < -0.4 is 0 Å². The van der Waals surface area contributed by atoms with Gasteiger partial charge >= 0.3 is 0 Å². The summed E-state index contributed by atoms with van der Waals surface area (Å²) >= 11 is 0. The van der Waals surface area contributed by atoms with Gasteiger partial charge in [-0.25, -0.2) is 0 Å². The molecule has 0 spiro atoms. The van der Waals surface area contributed by atoms with Crippen molar-refractivity contribution in [2.24, 2.45) is 46.3 Å². The van der Waals surface area contributed by atoms with Gasteiger partial charge in [-0.2, -0.15) is 0 Å². The van der Waals surface area contributed by atoms with Gasteiger partial charge in [-0.05, 0) is 98.7 Å². The Kier molecular flexibility index (Phi) is 14.7. The highest BCUT2D eigenvalue weighted by molar-refractivity contribution is 5.26. The van der Waals surface area contributed by atoms with Crippen molar-refractivity contribution in [2.75, 3.05) is 26.9 Å². The summed E-state index contributed by atoms with van der Waals surface area (Å²) in [7, 11) is 1.73. The summed E-state index contributed by atoms with van der Waals surface area (Å²) in [5, 5.41) is 104. The van der Waals surface area contributed by atoms with Crippen LogP contribution in [0.15, 0.2) is 11.6 Å². The normalized spacial score (nSPS) is 54.3. The molecule has 10 N–H and O–H groups in total. The predicted molar refractivity (Wildman–Crippen MR) is 222 cm³/mol. The lowest BCUT2D eigenvalue weighted by atomic mass is 9.47. The fourth-order valence-corrected chi connectivity index (χ4v) is 13.8. The lowest BCUT2D eigenvalue weighted by Crippen LogP contribution is -2.64. The molecule has 26 atom stereocenters. The molecule has 18 heteroatoms. The van der Waals surface area contributed by atoms with Crippen LogP contribution in [-0.4, -0.2) is 188 Å². The van der Waals surface area contributed by atoms with Crippen LogP contribution in [0, 0.1) is 46.3 Å². The van der Waals surface area contributed by atoms with E-state index < -0.39 is 111 Å². The summed E-state index contributed by atoms with van der Waals surface area (Å²) in [6.45, 7) is 9.83. The third-order valence-electron chi connectivity index (χ3n) is 17.7. The number of hydrogen-bond acceptors (Lipinski definition) is 18. The molecule has 0 radical (unpaired) electrons. The van der Waals surface area contributed by atoms with Crippen molar-refractivity contribution in [1.29, 1.82) is 0 Å². The maximum atomic E-state index is 11.2. The average molecular weight is 917 g/mol. The highest BCUT2D eigenvalue weighted by atomic mass is 16.7. The van der Waals surface area contributed by atoms with Gasteiger partial charge in [0.2, 0.25) is 0 Å². The summed E-state index contributed by atoms with van der Waals surface area (Å²) in [6, 6.07) is 0. The van der Waals surface area contributed by atoms with E-state index in [1.807, 2.05) is 6.92 Å². The van der Waals surface area contributed by atoms with E-state index in [-0.39, 0.29) is 41.5 Å². The molecule has 7 fully saturated rings. The van der Waals surface area contributed by atoms with E-state index in [9.17, 15) is 51.1 Å². The number of hydrogen-bond donors (Lipinski definition) is 10. The molecule has 8 aliphatic rings. The van der Waals surface area contributed by atoms with Crippen LogP contribution >= 0.6 is 0 Å². The van der Waals surface area contributed by atoms with Gasteiger partial charge in [0.1, 0.15) is 67.1 Å². The van der Waals surface area contributed by atoms with Crippen LogP contribution in [0.4, 0.5) is 0 Å². The van der Waals surface area contributed by atoms with Gasteiger partial charge in [0.15, 0.2) is 24.7 Å². The van der Waals surface area contributed by atoms with E-state index in [1.54, 1.807) is 7.11 Å². The fraction of sp³-hybridized carbons (Fsp3) is 0.957. The molecule has 8 rings (SSSR count). The molecule has 0 amide bonds. The fourth-order valence-electron chi connectivity index (χ4n) is 13.8. The van der Waals surface area contributed by atoms with Crippen LogP contribution in [-0.2, 0) is 37.9 Å². The molecule has 4 aliphatic carbocycles. The quantitative estimate of drug-likeness (QED) is 0.107. The van der Waals surface area contributed by atoms with Crippen molar-refractivity contribution in [2.45, 2.75) is 203 Å². The minimum absolute atomic E-state index is 0.0212. The monoisotopic (exact) mass is 917 g/mol. The first kappa shape index (κ1) is 49.4. The van der Waals surface area contributed by atoms with Gasteiger partial charge in [-0.3, -0.25) is 0 Å². The standard InChI is InChI=1S/C46H76O18/c1-20(19-58-41-37(54)35(52)33(50)29(17-47)61-41)9-14-46(57-6)21(2)31-28(64-46)16-27-25-8-7-23-15-24(10-12-44(23,4)26(25)11-13-45(27,31)5)60-43-39(56)36(53)40(30(18-48)62-43)63-42-38(55)34(51)32(49)22(3)59-42/h7,20-22,24-43,47-56H,8-19H2,1-6H3/t20-,21+,22?,24?,25?,26?,27?,28?,29?,30?,31?,32?,33?,34?,35?,36?,37?,38?,39?,40?,41?,42?,43?,44+,45+,46-/m1/s1. The Morgan fingerprint density at radius 1 is 0.750 bits per heavy atom. The summed E-state index contributed by atoms with van der Waals surface area (Å²) < 4.78 is 48.4. The summed E-state index contributed by atoms with van der Waals surface area (Å²) in [6.07, 6.45) is -10.3. The van der Waals surface area contributed by atoms with Crippen molar-refractivity contribution in [3.63, 3.8) is 0 Å². The van der Waals surface area contributed by atoms with E-state index in [2.05, 4.69) is 26.8 Å². The van der Waals surface area contributed by atoms with Crippen molar-refractivity contribution >= 4 is 0 Å². The van der Waals surface area contributed by atoms with Crippen LogP contribution in [0.25, 0.3) is 0 Å². The van der Waals surface area contributed by atoms with Crippen LogP contribution in [0.5, 0.6) is 0 Å². The second-order valence-electron chi connectivity index (χ2n) is 21.2. The largest absolute Gasteiger partial charge is 0.394 e. The molecule has 368 valence electrons. The lowest BCUT2D eigenvalue weighted by Gasteiger charge is -2.58. The second-order valence-corrected chi connectivity index (χ2v) is 21.2. The van der Waals surface area contributed by atoms with Crippen molar-refractivity contribution < 1.29 is 89.0 Å². The Bertz CT molecular complexity index is 1620. The van der Waals surface area contributed by atoms with E-state index in [0.717, 1.165) is 44.9 Å². The zero-order valence-corrected chi connectivity index (χ0v) is 38.1. The third-order valence-corrected chi connectivity index (χ3v) is 17.7. The van der Waals surface area contributed by atoms with Crippen LogP contribution in [0.2, 0.25) is 0 Å². The minimum Gasteiger partial charge on any atom is -0.394 e. The molecule has 18 nitrogen and oxygen atoms in total. The Morgan fingerprint density at radius 2 is 1.41 bits per heavy atom. The molecule has 4 aliphatic heterocycles. The predicted octanol–water partition coefficient (Wildman–Crippen LogP) is -0.177. The number of ether oxygens (including phenoxy) is 8. The molecular weight excluding hydrogens is 840 g/mol. The van der Waals surface area contributed by atoms with Gasteiger partial charge in [0.25, 0.3) is 0 Å². The molecule has 4 saturated heterocycles. The average Bonchev–Trinajstić information content (AvgIpc) is 3.74. The molecule has 0 bridgehead atoms. The third kappa shape index (κ3) is 8.48. The first-order chi connectivity index (χ1) is 30.3. The summed E-state index contributed by atoms with van der Waals surface area (Å²) in [4.78, 5) is 0. The number of aliphatic hydroxyl groups excluding tert-OH is 10. The Hall–Kier alpha value is -0.980. The van der Waals surface area contributed by atoms with Crippen molar-refractivity contribution in [1.82, 2.24) is 0 Å². The van der Waals surface area contributed by atoms with Gasteiger partial charge in [-0.15, -0.1) is 0 Å². The molecular formula is C46H76O18. The number of fused-ring (bicyclic) bond motifs is 7. The maximum Gasteiger partial charge on any atom is 0.187 e. The van der Waals surface area contributed by atoms with Crippen LogP contribution in [0.1, 0.15) is 92.4 Å². The Labute approximate surface area is 375 Å². The molecule has 0 aromatic rings. The van der Waals surface area contributed by atoms with Crippen LogP contribution in [0.3, 0.4) is 0 Å². The maximum absolute atomic E-state index is 11.2. The topological polar surface area (TPSA) is 276 Å². The summed E-state index contributed by atoms with van der Waals surface area (Å²) in [5.74, 6) is 1.24. The molecule has 21 unspecified atom stereocenters. The Morgan fingerprint density at radius 3 is 2.11 bits per heavy atom. The highest BCUT2D eigenvalue weighted by Gasteiger charge is 2.68. The van der Waals surface area contributed by atoms with E-state index in [1.165, 1.54) is 12.5 Å². The van der Waals surface area contributed by atoms with E-state index in [0.29, 0.717) is 36.5 Å². The minimum atomic E-state index is -1.64. The smallest absolute Gasteiger partial charge is 0.187 e. The van der Waals surface area contributed by atoms with Crippen molar-refractivity contribution in [3.05, 3.63) is 11.6 Å². The van der Waals surface area contributed by atoms with Gasteiger partial charge < -0.3 is 89.0 Å². The van der Waals surface area contributed by atoms with Gasteiger partial charge in [-0.1, -0.05) is 39.3 Å². The zero-order chi connectivity index (χ0) is 46.2. The summed E-state index contributed by atoms with van der Waals surface area (Å²) in [5.41, 5.74) is 1.40. The number of aliphatic hydroxyl groups is 10. The Balaban J connectivity index is 0.863. The van der Waals surface area contributed by atoms with Gasteiger partial charge in [0, 0.05) is 19.4 Å². The number of rotatable bonds is 13. The van der Waals surface area contributed by atoms with E-state index in [4.69, 9.17) is 37.9 Å². The van der Waals surface area contributed by atoms with E-state index >= 15 is 0 Å². The molecule has 0 aromatic heterocycles. The second kappa shape index (κ2) is 19.1. The molecule has 64 heavy (non-hydrogen) atoms. The molecule has 4 heterocycles. The molecule has 0 aromatic carbocycles. The first-order valence-electron chi connectivity index (χ1n) is 23.8. The lowest BCUT2D eigenvalue weighted by molar-refractivity contribution is -0.360. The van der Waals surface area contributed by atoms with Gasteiger partial charge in [0.05, 0.1) is 38.1 Å². The zero-order valence-electron chi connectivity index (χ0n) is 38.1. The number of allylic oxidation sites excluding steroid dienone is 1.